The highest BCUT2D eigenvalue weighted by Gasteiger charge is 1.91. The second kappa shape index (κ2) is 4.37. The Labute approximate surface area is 61.4 Å². The zero-order valence-electron chi connectivity index (χ0n) is 11.5. The van der Waals surface area contributed by atoms with Crippen molar-refractivity contribution in [3.05, 3.63) is 0 Å². The van der Waals surface area contributed by atoms with Crippen LogP contribution in [0, 0.1) is 0 Å². The first-order valence-electron chi connectivity index (χ1n) is 5.49. The molecule has 0 aromatic carbocycles. The third-order valence-corrected chi connectivity index (χ3v) is 0.414. The monoisotopic (exact) mass is 130 g/mol. The normalized spacial score (nSPS) is 64.6. The Morgan fingerprint density at radius 1 is 1.29 bits per heavy atom. The summed E-state index contributed by atoms with van der Waals surface area (Å²) in [5.74, 6) is 0. The summed E-state index contributed by atoms with van der Waals surface area (Å²) < 4.78 is 57.8. The van der Waals surface area contributed by atoms with Crippen LogP contribution in [0.3, 0.4) is 0 Å². The van der Waals surface area contributed by atoms with Crippen LogP contribution in [0.5, 0.6) is 0 Å². The number of halogens is 1. The smallest absolute Gasteiger partial charge is 0.122 e. The van der Waals surface area contributed by atoms with E-state index in [1.54, 1.807) is 0 Å². The van der Waals surface area contributed by atoms with E-state index in [0.717, 1.165) is 0 Å². The van der Waals surface area contributed by atoms with Gasteiger partial charge in [-0.2, -0.15) is 0 Å². The molecule has 0 spiro atoms. The van der Waals surface area contributed by atoms with Crippen molar-refractivity contribution in [1.82, 2.24) is 10.6 Å². The highest BCUT2D eigenvalue weighted by Crippen LogP contribution is 1.65. The van der Waals surface area contributed by atoms with E-state index in [4.69, 9.17) is 11.0 Å². The molecule has 0 radical (unpaired) electrons. The summed E-state index contributed by atoms with van der Waals surface area (Å²) in [5, 5.41) is 0.128. The van der Waals surface area contributed by atoms with Gasteiger partial charge < -0.3 is 10.6 Å². The molecule has 0 aromatic rings. The van der Waals surface area contributed by atoms with E-state index in [1.807, 2.05) is 0 Å². The van der Waals surface area contributed by atoms with Crippen molar-refractivity contribution in [2.45, 2.75) is 0 Å². The lowest BCUT2D eigenvalue weighted by Gasteiger charge is -2.11. The molecule has 1 aliphatic rings. The van der Waals surface area contributed by atoms with Crippen LogP contribution in [-0.2, 0) is 0 Å². The maximum Gasteiger partial charge on any atom is 0.122 e. The minimum Gasteiger partial charge on any atom is -0.314 e. The van der Waals surface area contributed by atoms with Crippen LogP contribution in [-0.4, -0.2) is 26.0 Å². The van der Waals surface area contributed by atoms with E-state index in [1.165, 1.54) is 0 Å². The fourth-order valence-corrected chi connectivity index (χ4v) is 0.210. The van der Waals surface area contributed by atoms with Crippen LogP contribution in [0.2, 0.25) is 2.82 Å². The Morgan fingerprint density at radius 3 is 2.86 bits per heavy atom. The van der Waals surface area contributed by atoms with Gasteiger partial charge in [0.25, 0.3) is 0 Å². The quantitative estimate of drug-likeness (QED) is 0.467. The molecule has 2 nitrogen and oxygen atoms in total. The first kappa shape index (κ1) is 1.38. The lowest BCUT2D eigenvalue weighted by atomic mass is 10.4. The average molecular weight is 131 g/mol. The van der Waals surface area contributed by atoms with Crippen LogP contribution in [0.15, 0.2) is 0 Å². The number of piperazine rings is 1. The van der Waals surface area contributed by atoms with Gasteiger partial charge in [-0.05, 0) is 0 Å². The molecule has 1 aliphatic heterocycles. The van der Waals surface area contributed by atoms with E-state index in [2.05, 4.69) is 0 Å². The summed E-state index contributed by atoms with van der Waals surface area (Å²) >= 11 is 0. The van der Waals surface area contributed by atoms with Gasteiger partial charge in [0.2, 0.25) is 0 Å². The molecule has 0 atom stereocenters. The zero-order chi connectivity index (χ0) is 11.4. The molecule has 7 heavy (non-hydrogen) atoms. The topological polar surface area (TPSA) is 24.1 Å². The fraction of sp³-hybridized carbons (Fsp3) is 1.00. The molecule has 0 aromatic heterocycles. The van der Waals surface area contributed by atoms with Gasteiger partial charge >= 0.3 is 0 Å². The van der Waals surface area contributed by atoms with Gasteiger partial charge in [0, 0.05) is 34.3 Å². The predicted molar refractivity (Wildman–Crippen MR) is 33.0 cm³/mol. The minimum absolute atomic E-state index is 0. The van der Waals surface area contributed by atoms with E-state index in [9.17, 15) is 0 Å². The van der Waals surface area contributed by atoms with E-state index < -0.39 is 26.0 Å². The Kier molecular flexibility index (Phi) is 0.860. The zero-order valence-corrected chi connectivity index (χ0v) is 4.33. The SMILES string of the molecule is Cl.[2H]N1CC([2H])([2H])N([2H])C([2H])([2H])C1([2H])[2H]. The highest BCUT2D eigenvalue weighted by atomic mass is 35.5. The summed E-state index contributed by atoms with van der Waals surface area (Å²) in [6.45, 7) is -8.63. The Balaban J connectivity index is 0.00000196. The Morgan fingerprint density at radius 2 is 2.00 bits per heavy atom. The number of rotatable bonds is 0. The van der Waals surface area contributed by atoms with Gasteiger partial charge in [0.05, 0.1) is 0 Å². The van der Waals surface area contributed by atoms with Gasteiger partial charge in [-0.3, -0.25) is 0 Å². The van der Waals surface area contributed by atoms with Crippen molar-refractivity contribution >= 4 is 12.4 Å². The standard InChI is InChI=1S/C4H10N2.ClH/c1-2-6-4-3-5-1;/h5-6H,1-4H2;1H/i1D2,2D2,3D2;/hD2. The van der Waals surface area contributed by atoms with Gasteiger partial charge in [-0.1, -0.05) is 0 Å². The van der Waals surface area contributed by atoms with Gasteiger partial charge in [0.1, 0.15) is 2.82 Å². The molecular weight excluding hydrogens is 112 g/mol. The molecule has 1 fully saturated rings. The summed E-state index contributed by atoms with van der Waals surface area (Å²) in [7, 11) is 0. The summed E-state index contributed by atoms with van der Waals surface area (Å²) in [6, 6.07) is 0. The first-order valence-corrected chi connectivity index (χ1v) is 1.59. The maximum absolute atomic E-state index is 7.25. The number of hydrogen-bond acceptors (Lipinski definition) is 2. The van der Waals surface area contributed by atoms with Crippen molar-refractivity contribution in [2.24, 2.45) is 0 Å². The van der Waals surface area contributed by atoms with E-state index in [-0.39, 0.29) is 23.0 Å². The molecular formula is C4H11ClN2. The lowest BCUT2D eigenvalue weighted by Crippen LogP contribution is -2.39. The van der Waals surface area contributed by atoms with Crippen LogP contribution in [0.4, 0.5) is 0 Å². The van der Waals surface area contributed by atoms with Crippen LogP contribution >= 0.6 is 12.4 Å². The van der Waals surface area contributed by atoms with Gasteiger partial charge in [-0.25, -0.2) is 0 Å². The average Bonchev–Trinajstić information content (AvgIpc) is 1.99. The molecule has 0 saturated carbocycles. The molecule has 0 bridgehead atoms. The van der Waals surface area contributed by atoms with Crippen molar-refractivity contribution in [3.8, 4) is 0 Å². The molecule has 44 valence electrons. The summed E-state index contributed by atoms with van der Waals surface area (Å²) in [4.78, 5) is 0. The predicted octanol–water partition coefficient (Wildman–Crippen LogP) is -0.399. The molecule has 2 N–H and O–H groups in total. The Bertz CT molecular complexity index is 245. The number of hydrogen-bond donors (Lipinski definition) is 2. The molecule has 3 heteroatoms. The van der Waals surface area contributed by atoms with Crippen molar-refractivity contribution in [2.75, 3.05) is 26.0 Å². The summed E-state index contributed by atoms with van der Waals surface area (Å²) in [6.07, 6.45) is 0. The van der Waals surface area contributed by atoms with E-state index in [0.29, 0.717) is 0 Å². The first-order chi connectivity index (χ1) is 6.03. The third kappa shape index (κ3) is 2.85. The fourth-order valence-electron chi connectivity index (χ4n) is 0.210. The highest BCUT2D eigenvalue weighted by molar-refractivity contribution is 5.85. The molecule has 1 heterocycles. The minimum atomic E-state index is -2.86. The van der Waals surface area contributed by atoms with Gasteiger partial charge in [0.15, 0.2) is 0 Å². The second-order valence-corrected chi connectivity index (χ2v) is 0.810. The van der Waals surface area contributed by atoms with Crippen LogP contribution in [0.25, 0.3) is 0 Å². The Hall–Kier alpha value is 0.210. The second-order valence-electron chi connectivity index (χ2n) is 0.810. The molecule has 0 aliphatic carbocycles. The maximum atomic E-state index is 7.25. The van der Waals surface area contributed by atoms with Crippen molar-refractivity contribution in [3.63, 3.8) is 0 Å². The number of nitrogens with one attached hydrogen (secondary N) is 2. The molecule has 1 rings (SSSR count). The summed E-state index contributed by atoms with van der Waals surface area (Å²) in [5.41, 5.74) is 0. The lowest BCUT2D eigenvalue weighted by molar-refractivity contribution is 0.534. The molecule has 1 saturated heterocycles. The molecule has 0 unspecified atom stereocenters. The van der Waals surface area contributed by atoms with Crippen LogP contribution in [0.1, 0.15) is 8.22 Å². The van der Waals surface area contributed by atoms with E-state index >= 15 is 0 Å². The van der Waals surface area contributed by atoms with Crippen molar-refractivity contribution < 1.29 is 11.0 Å². The van der Waals surface area contributed by atoms with Crippen LogP contribution < -0.4 is 10.6 Å². The van der Waals surface area contributed by atoms with Crippen molar-refractivity contribution in [1.29, 1.82) is 0 Å². The van der Waals surface area contributed by atoms with Gasteiger partial charge in [-0.15, -0.1) is 12.4 Å². The third-order valence-electron chi connectivity index (χ3n) is 0.414. The largest absolute Gasteiger partial charge is 0.314 e. The molecule has 0 amide bonds.